The SMILES string of the molecule is C=C(NNc1cccc(F)c1)NC(C)(C(F)(F)F)C(F)(F)F. The van der Waals surface area contributed by atoms with Gasteiger partial charge in [-0.1, -0.05) is 12.6 Å². The highest BCUT2D eigenvalue weighted by molar-refractivity contribution is 5.42. The summed E-state index contributed by atoms with van der Waals surface area (Å²) in [5.74, 6) is -1.43. The first kappa shape index (κ1) is 17.9. The van der Waals surface area contributed by atoms with Crippen LogP contribution in [-0.2, 0) is 0 Å². The molecule has 0 saturated heterocycles. The Balaban J connectivity index is 2.77. The van der Waals surface area contributed by atoms with Crippen LogP contribution < -0.4 is 16.2 Å². The number of nitrogens with one attached hydrogen (secondary N) is 3. The van der Waals surface area contributed by atoms with Crippen LogP contribution in [0, 0.1) is 5.82 Å². The van der Waals surface area contributed by atoms with Crippen molar-refractivity contribution in [3.05, 3.63) is 42.5 Å². The van der Waals surface area contributed by atoms with Crippen LogP contribution in [0.1, 0.15) is 6.92 Å². The van der Waals surface area contributed by atoms with Gasteiger partial charge in [-0.2, -0.15) is 26.3 Å². The average molecular weight is 331 g/mol. The summed E-state index contributed by atoms with van der Waals surface area (Å²) in [6, 6.07) is 4.73. The van der Waals surface area contributed by atoms with Gasteiger partial charge in [0.25, 0.3) is 0 Å². The first-order chi connectivity index (χ1) is 9.87. The highest BCUT2D eigenvalue weighted by Crippen LogP contribution is 2.42. The predicted molar refractivity (Wildman–Crippen MR) is 65.9 cm³/mol. The van der Waals surface area contributed by atoms with E-state index >= 15 is 0 Å². The quantitative estimate of drug-likeness (QED) is 0.569. The van der Waals surface area contributed by atoms with Crippen LogP contribution in [0.3, 0.4) is 0 Å². The van der Waals surface area contributed by atoms with Crippen LogP contribution >= 0.6 is 0 Å². The molecule has 3 nitrogen and oxygen atoms in total. The third kappa shape index (κ3) is 3.95. The number of alkyl halides is 6. The van der Waals surface area contributed by atoms with E-state index in [1.54, 1.807) is 0 Å². The summed E-state index contributed by atoms with van der Waals surface area (Å²) in [6.45, 7) is 2.97. The van der Waals surface area contributed by atoms with E-state index in [1.165, 1.54) is 17.4 Å². The molecule has 0 aliphatic rings. The van der Waals surface area contributed by atoms with Crippen LogP contribution in [0.5, 0.6) is 0 Å². The Morgan fingerprint density at radius 3 is 2.05 bits per heavy atom. The molecule has 0 fully saturated rings. The maximum Gasteiger partial charge on any atom is 0.420 e. The summed E-state index contributed by atoms with van der Waals surface area (Å²) in [5, 5.41) is 1.25. The zero-order valence-electron chi connectivity index (χ0n) is 11.2. The van der Waals surface area contributed by atoms with Gasteiger partial charge in [-0.3, -0.25) is 10.9 Å². The van der Waals surface area contributed by atoms with E-state index in [1.807, 2.05) is 5.43 Å². The van der Waals surface area contributed by atoms with Crippen molar-refractivity contribution in [3.63, 3.8) is 0 Å². The molecular formula is C12H12F7N3. The van der Waals surface area contributed by atoms with Crippen LogP contribution in [0.4, 0.5) is 36.4 Å². The van der Waals surface area contributed by atoms with Gasteiger partial charge in [0, 0.05) is 0 Å². The predicted octanol–water partition coefficient (Wildman–Crippen LogP) is 3.69. The Labute approximate surface area is 121 Å². The Bertz CT molecular complexity index is 522. The van der Waals surface area contributed by atoms with Crippen molar-refractivity contribution in [2.75, 3.05) is 5.43 Å². The van der Waals surface area contributed by atoms with Crippen molar-refractivity contribution in [1.29, 1.82) is 0 Å². The minimum atomic E-state index is -5.60. The minimum absolute atomic E-state index is 0.0535. The van der Waals surface area contributed by atoms with Crippen molar-refractivity contribution in [3.8, 4) is 0 Å². The lowest BCUT2D eigenvalue weighted by molar-refractivity contribution is -0.299. The maximum absolute atomic E-state index is 12.9. The minimum Gasteiger partial charge on any atom is -0.350 e. The molecule has 0 saturated carbocycles. The first-order valence-electron chi connectivity index (χ1n) is 5.75. The standard InChI is InChI=1S/C12H12F7N3/c1-7(21-22-9-5-3-4-8(13)6-9)20-10(2,11(14,15)16)12(17,18)19/h3-6,20-22H,1H2,2H3. The molecular weight excluding hydrogens is 319 g/mol. The molecule has 22 heavy (non-hydrogen) atoms. The van der Waals surface area contributed by atoms with Gasteiger partial charge in [-0.05, 0) is 25.1 Å². The summed E-state index contributed by atoms with van der Waals surface area (Å²) < 4.78 is 88.8. The molecule has 1 aromatic rings. The molecule has 0 aromatic heterocycles. The monoisotopic (exact) mass is 331 g/mol. The zero-order chi connectivity index (χ0) is 17.2. The molecule has 3 N–H and O–H groups in total. The average Bonchev–Trinajstić information content (AvgIpc) is 2.33. The van der Waals surface area contributed by atoms with E-state index in [0.717, 1.165) is 12.1 Å². The lowest BCUT2D eigenvalue weighted by Gasteiger charge is -2.36. The second-order valence-corrected chi connectivity index (χ2v) is 4.48. The van der Waals surface area contributed by atoms with Gasteiger partial charge in [0.05, 0.1) is 5.69 Å². The molecule has 0 radical (unpaired) electrons. The van der Waals surface area contributed by atoms with Gasteiger partial charge in [0.15, 0.2) is 0 Å². The second-order valence-electron chi connectivity index (χ2n) is 4.48. The van der Waals surface area contributed by atoms with Crippen molar-refractivity contribution >= 4 is 5.69 Å². The van der Waals surface area contributed by atoms with E-state index in [-0.39, 0.29) is 12.6 Å². The van der Waals surface area contributed by atoms with Crippen LogP contribution in [0.25, 0.3) is 0 Å². The highest BCUT2D eigenvalue weighted by Gasteiger charge is 2.68. The fourth-order valence-corrected chi connectivity index (χ4v) is 1.35. The highest BCUT2D eigenvalue weighted by atomic mass is 19.4. The molecule has 1 rings (SSSR count). The fraction of sp³-hybridized carbons (Fsp3) is 0.333. The molecule has 0 unspecified atom stereocenters. The lowest BCUT2D eigenvalue weighted by atomic mass is 10.0. The molecule has 0 spiro atoms. The fourth-order valence-electron chi connectivity index (χ4n) is 1.35. The molecule has 0 atom stereocenters. The summed E-state index contributed by atoms with van der Waals surface area (Å²) in [7, 11) is 0. The van der Waals surface area contributed by atoms with Crippen molar-refractivity contribution in [1.82, 2.24) is 10.7 Å². The number of hydrogen-bond donors (Lipinski definition) is 3. The van der Waals surface area contributed by atoms with Gasteiger partial charge in [-0.15, -0.1) is 0 Å². The topological polar surface area (TPSA) is 36.1 Å². The summed E-state index contributed by atoms with van der Waals surface area (Å²) in [4.78, 5) is 0. The van der Waals surface area contributed by atoms with E-state index in [4.69, 9.17) is 0 Å². The largest absolute Gasteiger partial charge is 0.420 e. The second kappa shape index (κ2) is 5.93. The normalized spacial score (nSPS) is 12.7. The number of anilines is 1. The molecule has 10 heteroatoms. The van der Waals surface area contributed by atoms with E-state index in [2.05, 4.69) is 12.0 Å². The Kier molecular flexibility index (Phi) is 4.83. The van der Waals surface area contributed by atoms with Crippen LogP contribution in [0.2, 0.25) is 0 Å². The summed E-state index contributed by atoms with van der Waals surface area (Å²) in [6.07, 6.45) is -11.2. The Morgan fingerprint density at radius 2 is 1.59 bits per heavy atom. The molecule has 124 valence electrons. The van der Waals surface area contributed by atoms with Gasteiger partial charge in [-0.25, -0.2) is 4.39 Å². The zero-order valence-corrected chi connectivity index (χ0v) is 11.2. The first-order valence-corrected chi connectivity index (χ1v) is 5.75. The van der Waals surface area contributed by atoms with Gasteiger partial charge in [0.2, 0.25) is 5.54 Å². The molecule has 1 aromatic carbocycles. The van der Waals surface area contributed by atoms with Gasteiger partial charge >= 0.3 is 12.4 Å². The number of halogens is 7. The number of hydrazine groups is 1. The number of hydrogen-bond acceptors (Lipinski definition) is 3. The molecule has 0 aliphatic heterocycles. The van der Waals surface area contributed by atoms with Crippen LogP contribution in [0.15, 0.2) is 36.7 Å². The van der Waals surface area contributed by atoms with E-state index < -0.39 is 29.5 Å². The van der Waals surface area contributed by atoms with Gasteiger partial charge in [0.1, 0.15) is 11.6 Å². The van der Waals surface area contributed by atoms with Crippen molar-refractivity contribution in [2.24, 2.45) is 0 Å². The molecule has 0 bridgehead atoms. The summed E-state index contributed by atoms with van der Waals surface area (Å²) >= 11 is 0. The Hall–Kier alpha value is -2.13. The molecule has 0 heterocycles. The third-order valence-corrected chi connectivity index (χ3v) is 2.72. The van der Waals surface area contributed by atoms with Crippen molar-refractivity contribution in [2.45, 2.75) is 24.8 Å². The molecule has 0 amide bonds. The number of benzene rings is 1. The Morgan fingerprint density at radius 1 is 1.05 bits per heavy atom. The number of rotatable bonds is 5. The van der Waals surface area contributed by atoms with E-state index in [0.29, 0.717) is 0 Å². The van der Waals surface area contributed by atoms with Crippen LogP contribution in [-0.4, -0.2) is 17.9 Å². The molecule has 0 aliphatic carbocycles. The lowest BCUT2D eigenvalue weighted by Crippen LogP contribution is -2.64. The third-order valence-electron chi connectivity index (χ3n) is 2.72. The van der Waals surface area contributed by atoms with E-state index in [9.17, 15) is 30.7 Å². The van der Waals surface area contributed by atoms with Crippen molar-refractivity contribution < 1.29 is 30.7 Å². The van der Waals surface area contributed by atoms with Gasteiger partial charge < -0.3 is 5.32 Å². The maximum atomic E-state index is 12.9. The smallest absolute Gasteiger partial charge is 0.350 e. The summed E-state index contributed by atoms with van der Waals surface area (Å²) in [5.41, 5.74) is 0.128.